The summed E-state index contributed by atoms with van der Waals surface area (Å²) in [5.74, 6) is 0.575. The minimum Gasteiger partial charge on any atom is -0.418 e. The Morgan fingerprint density at radius 1 is 1.00 bits per heavy atom. The van der Waals surface area contributed by atoms with Crippen molar-refractivity contribution in [3.8, 4) is 0 Å². The van der Waals surface area contributed by atoms with E-state index in [0.29, 0.717) is 5.95 Å². The molecule has 0 aliphatic heterocycles. The molecule has 0 amide bonds. The summed E-state index contributed by atoms with van der Waals surface area (Å²) in [6, 6.07) is 18.6. The summed E-state index contributed by atoms with van der Waals surface area (Å²) in [6.07, 6.45) is 1.85. The maximum absolute atomic E-state index is 9.75. The zero-order valence-corrected chi connectivity index (χ0v) is 17.0. The standard InChI is InChI=1S/C19H23N6.BF4/c1-4-25(14-16-8-6-5-7-9-16)18-12-10-17(11-13-18)20-21-19-22-24(3)15-23(19)2;2-1(3,4)5/h5-13,15H,4,14H2,1-3H3;/q+1;-1. The second-order valence-electron chi connectivity index (χ2n) is 6.41. The van der Waals surface area contributed by atoms with Gasteiger partial charge >= 0.3 is 13.2 Å². The Balaban J connectivity index is 0.000000575. The van der Waals surface area contributed by atoms with E-state index in [2.05, 4.69) is 63.5 Å². The zero-order valence-electron chi connectivity index (χ0n) is 17.0. The summed E-state index contributed by atoms with van der Waals surface area (Å²) >= 11 is 0. The van der Waals surface area contributed by atoms with Crippen LogP contribution in [0.2, 0.25) is 0 Å². The van der Waals surface area contributed by atoms with Crippen LogP contribution >= 0.6 is 0 Å². The lowest BCUT2D eigenvalue weighted by Gasteiger charge is -2.23. The molecule has 2 aromatic carbocycles. The first-order valence-electron chi connectivity index (χ1n) is 9.23. The van der Waals surface area contributed by atoms with E-state index in [-0.39, 0.29) is 0 Å². The third-order valence-electron chi connectivity index (χ3n) is 3.97. The van der Waals surface area contributed by atoms with Gasteiger partial charge in [-0.05, 0) is 36.8 Å². The average molecular weight is 422 g/mol. The molecule has 0 radical (unpaired) electrons. The summed E-state index contributed by atoms with van der Waals surface area (Å²) < 4.78 is 42.5. The molecule has 3 rings (SSSR count). The third kappa shape index (κ3) is 8.02. The molecule has 30 heavy (non-hydrogen) atoms. The number of aryl methyl sites for hydroxylation is 2. The topological polar surface area (TPSA) is 49.7 Å². The van der Waals surface area contributed by atoms with Crippen LogP contribution < -0.4 is 9.47 Å². The molecule has 0 unspecified atom stereocenters. The molecule has 0 aliphatic rings. The third-order valence-corrected chi connectivity index (χ3v) is 3.97. The number of rotatable bonds is 6. The number of hydrogen-bond donors (Lipinski definition) is 0. The van der Waals surface area contributed by atoms with E-state index in [9.17, 15) is 17.3 Å². The van der Waals surface area contributed by atoms with Gasteiger partial charge in [0, 0.05) is 29.0 Å². The van der Waals surface area contributed by atoms with Crippen LogP contribution in [0.5, 0.6) is 0 Å². The van der Waals surface area contributed by atoms with Crippen molar-refractivity contribution in [3.63, 3.8) is 0 Å². The number of nitrogens with zero attached hydrogens (tertiary/aromatic N) is 6. The normalized spacial score (nSPS) is 11.3. The Bertz CT molecular complexity index is 936. The maximum atomic E-state index is 9.75. The molecule has 11 heteroatoms. The minimum atomic E-state index is -6.00. The van der Waals surface area contributed by atoms with Gasteiger partial charge < -0.3 is 22.2 Å². The van der Waals surface area contributed by atoms with Gasteiger partial charge in [0.05, 0.1) is 19.8 Å². The highest BCUT2D eigenvalue weighted by molar-refractivity contribution is 6.50. The Labute approximate surface area is 172 Å². The minimum absolute atomic E-state index is 0.575. The molecule has 0 aliphatic carbocycles. The van der Waals surface area contributed by atoms with Crippen molar-refractivity contribution in [2.24, 2.45) is 24.3 Å². The van der Waals surface area contributed by atoms with Crippen LogP contribution in [0.25, 0.3) is 0 Å². The van der Waals surface area contributed by atoms with E-state index in [4.69, 9.17) is 0 Å². The predicted molar refractivity (Wildman–Crippen MR) is 108 cm³/mol. The van der Waals surface area contributed by atoms with Crippen molar-refractivity contribution in [2.45, 2.75) is 13.5 Å². The molecule has 0 atom stereocenters. The molecule has 160 valence electrons. The van der Waals surface area contributed by atoms with E-state index in [1.165, 1.54) is 11.3 Å². The highest BCUT2D eigenvalue weighted by atomic mass is 19.5. The van der Waals surface area contributed by atoms with Crippen LogP contribution in [0, 0.1) is 0 Å². The van der Waals surface area contributed by atoms with Gasteiger partial charge in [0.2, 0.25) is 0 Å². The Morgan fingerprint density at radius 2 is 1.60 bits per heavy atom. The lowest BCUT2D eigenvalue weighted by Crippen LogP contribution is -2.24. The monoisotopic (exact) mass is 422 g/mol. The number of azo groups is 1. The number of benzene rings is 2. The smallest absolute Gasteiger partial charge is 0.418 e. The van der Waals surface area contributed by atoms with Crippen LogP contribution in [0.15, 0.2) is 71.2 Å². The molecule has 0 bridgehead atoms. The fourth-order valence-corrected chi connectivity index (χ4v) is 2.65. The predicted octanol–water partition coefficient (Wildman–Crippen LogP) is 4.99. The lowest BCUT2D eigenvalue weighted by atomic mass is 10.2. The highest BCUT2D eigenvalue weighted by Crippen LogP contribution is 2.22. The Morgan fingerprint density at radius 3 is 2.10 bits per heavy atom. The molecule has 6 nitrogen and oxygen atoms in total. The van der Waals surface area contributed by atoms with Crippen LogP contribution in [0.3, 0.4) is 0 Å². The number of anilines is 1. The van der Waals surface area contributed by atoms with Gasteiger partial charge in [-0.3, -0.25) is 0 Å². The molecule has 1 aromatic heterocycles. The molecular weight excluding hydrogens is 399 g/mol. The van der Waals surface area contributed by atoms with Crippen LogP contribution in [0.4, 0.5) is 34.6 Å². The van der Waals surface area contributed by atoms with Crippen molar-refractivity contribution in [3.05, 3.63) is 66.5 Å². The highest BCUT2D eigenvalue weighted by Gasteiger charge is 2.20. The Kier molecular flexibility index (Phi) is 8.08. The van der Waals surface area contributed by atoms with E-state index in [1.807, 2.05) is 43.2 Å². The summed E-state index contributed by atoms with van der Waals surface area (Å²) in [7, 11) is -2.24. The van der Waals surface area contributed by atoms with Crippen molar-refractivity contribution in [1.82, 2.24) is 9.78 Å². The Hall–Kier alpha value is -3.24. The van der Waals surface area contributed by atoms with Crippen molar-refractivity contribution in [1.29, 1.82) is 0 Å². The van der Waals surface area contributed by atoms with Gasteiger partial charge in [-0.25, -0.2) is 4.57 Å². The van der Waals surface area contributed by atoms with Gasteiger partial charge in [0.1, 0.15) is 0 Å². The average Bonchev–Trinajstić information content (AvgIpc) is 3.01. The van der Waals surface area contributed by atoms with E-state index in [0.717, 1.165) is 18.8 Å². The first kappa shape index (κ1) is 23.0. The molecule has 0 saturated carbocycles. The molecule has 0 spiro atoms. The van der Waals surface area contributed by atoms with Gasteiger partial charge in [-0.1, -0.05) is 35.4 Å². The number of hydrogen-bond acceptors (Lipinski definition) is 4. The molecule has 0 saturated heterocycles. The number of halogens is 4. The molecular formula is C19H23BF4N6. The summed E-state index contributed by atoms with van der Waals surface area (Å²) in [5, 5.41) is 12.7. The van der Waals surface area contributed by atoms with Crippen LogP contribution in [-0.4, -0.2) is 23.6 Å². The van der Waals surface area contributed by atoms with E-state index < -0.39 is 7.25 Å². The van der Waals surface area contributed by atoms with Crippen molar-refractivity contribution >= 4 is 24.6 Å². The summed E-state index contributed by atoms with van der Waals surface area (Å²) in [4.78, 5) is 2.33. The van der Waals surface area contributed by atoms with Gasteiger partial charge in [-0.2, -0.15) is 0 Å². The molecule has 0 fully saturated rings. The summed E-state index contributed by atoms with van der Waals surface area (Å²) in [5.41, 5.74) is 3.29. The largest absolute Gasteiger partial charge is 0.673 e. The van der Waals surface area contributed by atoms with Crippen molar-refractivity contribution < 1.29 is 21.8 Å². The van der Waals surface area contributed by atoms with Crippen LogP contribution in [0.1, 0.15) is 12.5 Å². The molecule has 1 heterocycles. The van der Waals surface area contributed by atoms with Gasteiger partial charge in [0.25, 0.3) is 0 Å². The maximum Gasteiger partial charge on any atom is 0.673 e. The summed E-state index contributed by atoms with van der Waals surface area (Å²) in [6.45, 7) is 4.00. The van der Waals surface area contributed by atoms with E-state index in [1.54, 1.807) is 4.68 Å². The number of aromatic nitrogens is 3. The molecule has 0 N–H and O–H groups in total. The first-order valence-corrected chi connectivity index (χ1v) is 9.23. The fourth-order valence-electron chi connectivity index (χ4n) is 2.65. The second-order valence-corrected chi connectivity index (χ2v) is 6.41. The SMILES string of the molecule is CCN(Cc1ccccc1)c1ccc(N=Nc2nn(C)c[n+]2C)cc1.F[B-](F)(F)F. The van der Waals surface area contributed by atoms with Gasteiger partial charge in [0.15, 0.2) is 6.33 Å². The van der Waals surface area contributed by atoms with Crippen LogP contribution in [-0.2, 0) is 20.6 Å². The lowest BCUT2D eigenvalue weighted by molar-refractivity contribution is -0.659. The fraction of sp³-hybridized carbons (Fsp3) is 0.263. The molecule has 3 aromatic rings. The second kappa shape index (κ2) is 10.5. The zero-order chi connectivity index (χ0) is 22.1. The van der Waals surface area contributed by atoms with Crippen molar-refractivity contribution in [2.75, 3.05) is 11.4 Å². The first-order chi connectivity index (χ1) is 14.2. The van der Waals surface area contributed by atoms with Gasteiger partial charge in [-0.15, -0.1) is 4.68 Å². The van der Waals surface area contributed by atoms with E-state index >= 15 is 0 Å². The quantitative estimate of drug-likeness (QED) is 0.243.